The highest BCUT2D eigenvalue weighted by Gasteiger charge is 2.22. The molecule has 11 aromatic carbocycles. The van der Waals surface area contributed by atoms with E-state index >= 15 is 0 Å². The predicted molar refractivity (Wildman–Crippen MR) is 289 cm³/mol. The highest BCUT2D eigenvalue weighted by Crippen LogP contribution is 2.43. The largest absolute Gasteiger partial charge is 0.455 e. The van der Waals surface area contributed by atoms with E-state index in [0.717, 1.165) is 81.5 Å². The Morgan fingerprint density at radius 3 is 2.07 bits per heavy atom. The Hall–Kier alpha value is -8.84. The van der Waals surface area contributed by atoms with Crippen molar-refractivity contribution in [3.05, 3.63) is 211 Å². The summed E-state index contributed by atoms with van der Waals surface area (Å²) >= 11 is 1.76. The summed E-state index contributed by atoms with van der Waals surface area (Å²) in [4.78, 5) is 8.64. The van der Waals surface area contributed by atoms with Gasteiger partial charge < -0.3 is 14.0 Å². The molecule has 15 rings (SSSR count). The lowest BCUT2D eigenvalue weighted by Crippen LogP contribution is -2.01. The number of nitrogens with zero attached hydrogens (tertiary/aromatic N) is 2. The Balaban J connectivity index is 0.994. The number of aliphatic imine (C=N–C) groups is 1. The number of H-pyrrole nitrogens is 1. The third kappa shape index (κ3) is 5.43. The maximum atomic E-state index is 9.83. The molecule has 0 atom stereocenters. The Kier molecular flexibility index (Phi) is 7.74. The van der Waals surface area contributed by atoms with Crippen LogP contribution in [0.5, 0.6) is 0 Å². The second kappa shape index (κ2) is 14.1. The van der Waals surface area contributed by atoms with Gasteiger partial charge in [0.1, 0.15) is 11.2 Å². The van der Waals surface area contributed by atoms with Crippen molar-refractivity contribution in [3.8, 4) is 16.8 Å². The molecule has 0 aliphatic rings. The number of aromatic nitrogens is 2. The van der Waals surface area contributed by atoms with E-state index < -0.39 is 0 Å². The van der Waals surface area contributed by atoms with Gasteiger partial charge in [-0.15, -0.1) is 11.3 Å². The van der Waals surface area contributed by atoms with Crippen molar-refractivity contribution >= 4 is 141 Å². The van der Waals surface area contributed by atoms with Gasteiger partial charge in [0.15, 0.2) is 5.84 Å². The third-order valence-electron chi connectivity index (χ3n) is 14.2. The smallest absolute Gasteiger partial charge is 0.155 e. The monoisotopic (exact) mass is 884 g/mol. The number of para-hydroxylation sites is 1. The van der Waals surface area contributed by atoms with Gasteiger partial charge in [-0.2, -0.15) is 0 Å². The molecule has 316 valence electrons. The molecule has 0 fully saturated rings. The molecule has 0 aliphatic heterocycles. The molecule has 4 heterocycles. The first kappa shape index (κ1) is 37.4. The van der Waals surface area contributed by atoms with Crippen LogP contribution in [0.4, 0.5) is 0 Å². The molecule has 68 heavy (non-hydrogen) atoms. The van der Waals surface area contributed by atoms with E-state index in [1.165, 1.54) is 53.4 Å². The van der Waals surface area contributed by atoms with Gasteiger partial charge in [0.05, 0.1) is 16.6 Å². The Morgan fingerprint density at radius 2 is 1.18 bits per heavy atom. The normalized spacial score (nSPS) is 12.4. The van der Waals surface area contributed by atoms with Crippen LogP contribution in [0.15, 0.2) is 210 Å². The van der Waals surface area contributed by atoms with Crippen molar-refractivity contribution in [2.45, 2.75) is 0 Å². The van der Waals surface area contributed by atoms with Crippen LogP contribution >= 0.6 is 11.3 Å². The first-order chi connectivity index (χ1) is 33.6. The average Bonchev–Trinajstić information content (AvgIpc) is 4.15. The number of furan rings is 1. The van der Waals surface area contributed by atoms with Crippen molar-refractivity contribution in [2.75, 3.05) is 0 Å². The molecule has 0 saturated carbocycles. The van der Waals surface area contributed by atoms with E-state index in [1.807, 2.05) is 6.21 Å². The Labute approximate surface area is 391 Å². The fourth-order valence-corrected chi connectivity index (χ4v) is 12.2. The zero-order chi connectivity index (χ0) is 44.6. The molecule has 0 aliphatic carbocycles. The quantitative estimate of drug-likeness (QED) is 0.134. The minimum atomic E-state index is 0.129. The first-order valence-electron chi connectivity index (χ1n) is 22.9. The van der Waals surface area contributed by atoms with E-state index in [-0.39, 0.29) is 5.84 Å². The Bertz CT molecular complexity index is 4710. The number of nitrogens with one attached hydrogen (secondary N) is 2. The topological polar surface area (TPSA) is 70.1 Å². The van der Waals surface area contributed by atoms with Crippen LogP contribution in [-0.4, -0.2) is 21.6 Å². The van der Waals surface area contributed by atoms with E-state index in [2.05, 4.69) is 210 Å². The molecule has 0 radical (unpaired) electrons. The molecule has 0 spiro atoms. The van der Waals surface area contributed by atoms with Crippen LogP contribution in [0.2, 0.25) is 0 Å². The maximum absolute atomic E-state index is 9.83. The summed E-state index contributed by atoms with van der Waals surface area (Å²) in [6, 6.07) is 71.9. The summed E-state index contributed by atoms with van der Waals surface area (Å²) < 4.78 is 11.7. The second-order valence-corrected chi connectivity index (χ2v) is 19.0. The van der Waals surface area contributed by atoms with Gasteiger partial charge in [-0.1, -0.05) is 140 Å². The summed E-state index contributed by atoms with van der Waals surface area (Å²) in [6.07, 6.45) is 1.85. The van der Waals surface area contributed by atoms with E-state index in [0.29, 0.717) is 11.1 Å². The lowest BCUT2D eigenvalue weighted by atomic mass is 9.96. The van der Waals surface area contributed by atoms with Crippen LogP contribution < -0.4 is 0 Å². The van der Waals surface area contributed by atoms with Crippen LogP contribution in [0.1, 0.15) is 11.1 Å². The number of amidine groups is 1. The molecule has 15 aromatic rings. The molecule has 2 N–H and O–H groups in total. The van der Waals surface area contributed by atoms with Crippen molar-refractivity contribution in [1.29, 1.82) is 5.41 Å². The molecular formula is C62H36N4OS. The fraction of sp³-hybridized carbons (Fsp3) is 0. The summed E-state index contributed by atoms with van der Waals surface area (Å²) in [5.41, 5.74) is 10.7. The van der Waals surface area contributed by atoms with Crippen molar-refractivity contribution in [2.24, 2.45) is 4.99 Å². The lowest BCUT2D eigenvalue weighted by Gasteiger charge is -2.13. The van der Waals surface area contributed by atoms with Gasteiger partial charge in [0.2, 0.25) is 0 Å². The molecule has 0 bridgehead atoms. The van der Waals surface area contributed by atoms with E-state index in [9.17, 15) is 5.41 Å². The highest BCUT2D eigenvalue weighted by molar-refractivity contribution is 7.26. The van der Waals surface area contributed by atoms with Crippen LogP contribution in [0.25, 0.3) is 135 Å². The molecule has 0 unspecified atom stereocenters. The highest BCUT2D eigenvalue weighted by atomic mass is 32.1. The van der Waals surface area contributed by atoms with E-state index in [1.54, 1.807) is 11.3 Å². The summed E-state index contributed by atoms with van der Waals surface area (Å²) in [5, 5.41) is 25.8. The number of hydrogen-bond acceptors (Lipinski definition) is 3. The molecule has 4 aromatic heterocycles. The number of benzene rings is 11. The molecule has 6 heteroatoms. The van der Waals surface area contributed by atoms with Gasteiger partial charge in [0.25, 0.3) is 0 Å². The lowest BCUT2D eigenvalue weighted by molar-refractivity contribution is 0.671. The minimum Gasteiger partial charge on any atom is -0.455 e. The molecular weight excluding hydrogens is 849 g/mol. The molecule has 5 nitrogen and oxygen atoms in total. The van der Waals surface area contributed by atoms with Gasteiger partial charge in [-0.05, 0) is 98.7 Å². The van der Waals surface area contributed by atoms with Gasteiger partial charge >= 0.3 is 0 Å². The summed E-state index contributed by atoms with van der Waals surface area (Å²) in [5.74, 6) is 0.129. The predicted octanol–water partition coefficient (Wildman–Crippen LogP) is 17.3. The van der Waals surface area contributed by atoms with Crippen molar-refractivity contribution in [1.82, 2.24) is 9.55 Å². The molecule has 0 amide bonds. The van der Waals surface area contributed by atoms with Crippen molar-refractivity contribution in [3.63, 3.8) is 0 Å². The zero-order valence-corrected chi connectivity index (χ0v) is 37.2. The average molecular weight is 885 g/mol. The Morgan fingerprint density at radius 1 is 0.485 bits per heavy atom. The van der Waals surface area contributed by atoms with Gasteiger partial charge in [-0.3, -0.25) is 5.41 Å². The number of aromatic amines is 1. The fourth-order valence-electron chi connectivity index (χ4n) is 11.0. The minimum absolute atomic E-state index is 0.129. The number of fused-ring (bicyclic) bond motifs is 16. The van der Waals surface area contributed by atoms with Crippen LogP contribution in [0, 0.1) is 5.41 Å². The standard InChI is InChI=1S/C62H36N4OS/c63-62(64-34-40-15-10-20-48-46-18-6-8-22-58(46)68-61(40)48)53-32-41(31-52-47-26-23-35-11-3-4-16-43(35)59(47)67-60(52)53)66-56-30-37-13-2-1-12-36(37)27-50(56)51-28-38-14-9-19-42(49(38)33-57(51)66)39-24-25-45-44-17-5-7-21-54(44)65-55(45)29-39/h1-34,63,65H. The van der Waals surface area contributed by atoms with Gasteiger partial charge in [0, 0.05) is 86.4 Å². The van der Waals surface area contributed by atoms with Crippen molar-refractivity contribution < 1.29 is 4.42 Å². The SMILES string of the molecule is N=C(N=Cc1cccc2c1sc1ccccc12)c1cc(-n2c3cc4ccccc4cc3c3cc4cccc(-c5ccc6c(c5)[nH]c5ccccc56)c4cc32)cc2c1oc1c3ccccc3ccc21. The van der Waals surface area contributed by atoms with Crippen LogP contribution in [-0.2, 0) is 0 Å². The van der Waals surface area contributed by atoms with Gasteiger partial charge in [-0.25, -0.2) is 4.99 Å². The first-order valence-corrected chi connectivity index (χ1v) is 23.7. The number of thiophene rings is 1. The zero-order valence-electron chi connectivity index (χ0n) is 36.3. The number of hydrogen-bond donors (Lipinski definition) is 2. The van der Waals surface area contributed by atoms with Crippen LogP contribution in [0.3, 0.4) is 0 Å². The maximum Gasteiger partial charge on any atom is 0.155 e. The second-order valence-electron chi connectivity index (χ2n) is 17.9. The summed E-state index contributed by atoms with van der Waals surface area (Å²) in [7, 11) is 0. The summed E-state index contributed by atoms with van der Waals surface area (Å²) in [6.45, 7) is 0. The third-order valence-corrected chi connectivity index (χ3v) is 15.4. The van der Waals surface area contributed by atoms with E-state index in [4.69, 9.17) is 9.41 Å². The molecule has 0 saturated heterocycles. The number of rotatable bonds is 4.